The first kappa shape index (κ1) is 29.3. The maximum Gasteiger partial charge on any atom is 0.513 e. The quantitative estimate of drug-likeness (QED) is 0.342. The Morgan fingerprint density at radius 1 is 1.05 bits per heavy atom. The predicted octanol–water partition coefficient (Wildman–Crippen LogP) is 0.796. The van der Waals surface area contributed by atoms with Gasteiger partial charge in [-0.15, -0.1) is 0 Å². The second-order valence-corrected chi connectivity index (χ2v) is 11.4. The number of Topliss-reactive ketones (excluding diaryl/α,β-unsaturated/α-hetero) is 1. The zero-order chi connectivity index (χ0) is 30.1. The van der Waals surface area contributed by atoms with E-state index >= 15 is 0 Å². The van der Waals surface area contributed by atoms with Crippen LogP contribution in [0.5, 0.6) is 0 Å². The van der Waals surface area contributed by atoms with Crippen molar-refractivity contribution in [2.75, 3.05) is 26.9 Å². The molecule has 2 aliphatic heterocycles. The monoisotopic (exact) mass is 582 g/mol. The molecule has 2 heterocycles. The summed E-state index contributed by atoms with van der Waals surface area (Å²) in [5.41, 5.74) is -4.39. The summed E-state index contributed by atoms with van der Waals surface area (Å²) in [4.78, 5) is 64.8. The highest BCUT2D eigenvalue weighted by Gasteiger charge is 2.85. The van der Waals surface area contributed by atoms with Crippen LogP contribution >= 0.6 is 0 Å². The summed E-state index contributed by atoms with van der Waals surface area (Å²) in [5, 5.41) is 23.3. The van der Waals surface area contributed by atoms with E-state index in [9.17, 15) is 34.2 Å². The summed E-state index contributed by atoms with van der Waals surface area (Å²) in [6.45, 7) is 6.17. The lowest BCUT2D eigenvalue weighted by molar-refractivity contribution is -0.289. The van der Waals surface area contributed by atoms with Gasteiger partial charge >= 0.3 is 24.2 Å². The zero-order valence-corrected chi connectivity index (χ0v) is 23.4. The minimum absolute atomic E-state index is 0.0333. The van der Waals surface area contributed by atoms with E-state index in [1.54, 1.807) is 20.8 Å². The third-order valence-electron chi connectivity index (χ3n) is 9.75. The normalized spacial score (nSPS) is 42.4. The molecule has 1 spiro atoms. The summed E-state index contributed by atoms with van der Waals surface area (Å²) in [5.74, 6) is -5.72. The molecule has 0 unspecified atom stereocenters. The van der Waals surface area contributed by atoms with Gasteiger partial charge in [0, 0.05) is 17.8 Å². The molecular weight excluding hydrogens is 548 g/mol. The van der Waals surface area contributed by atoms with Crippen molar-refractivity contribution in [1.82, 2.24) is 0 Å². The van der Waals surface area contributed by atoms with Crippen LogP contribution in [0, 0.1) is 28.6 Å². The molecule has 2 N–H and O–H groups in total. The Morgan fingerprint density at radius 2 is 1.71 bits per heavy atom. The third kappa shape index (κ3) is 3.76. The highest BCUT2D eigenvalue weighted by molar-refractivity contribution is 5.97. The Bertz CT molecular complexity index is 1210. The van der Waals surface area contributed by atoms with Crippen molar-refractivity contribution in [3.05, 3.63) is 11.3 Å². The molecule has 14 heteroatoms. The van der Waals surface area contributed by atoms with E-state index in [4.69, 9.17) is 33.2 Å². The molecule has 10 atom stereocenters. The lowest BCUT2D eigenvalue weighted by Gasteiger charge is -2.67. The van der Waals surface area contributed by atoms with Gasteiger partial charge < -0.3 is 43.4 Å². The molecule has 2 bridgehead atoms. The fraction of sp³-hybridized carbons (Fsp3) is 0.741. The van der Waals surface area contributed by atoms with Crippen LogP contribution in [0.25, 0.3) is 0 Å². The van der Waals surface area contributed by atoms with Crippen molar-refractivity contribution in [3.63, 3.8) is 0 Å². The smallest absolute Gasteiger partial charge is 0.467 e. The molecule has 0 aromatic rings. The number of aliphatic hydroxyl groups is 2. The van der Waals surface area contributed by atoms with Crippen LogP contribution in [0.4, 0.5) is 9.59 Å². The Morgan fingerprint density at radius 3 is 2.34 bits per heavy atom. The van der Waals surface area contributed by atoms with Gasteiger partial charge in [-0.1, -0.05) is 6.92 Å². The van der Waals surface area contributed by atoms with Crippen molar-refractivity contribution in [2.45, 2.75) is 70.6 Å². The molecule has 0 aromatic carbocycles. The summed E-state index contributed by atoms with van der Waals surface area (Å²) < 4.78 is 37.3. The number of rotatable bonds is 5. The average molecular weight is 583 g/mol. The third-order valence-corrected chi connectivity index (χ3v) is 9.75. The number of carbonyl (C=O) groups is 5. The molecule has 5 aliphatic rings. The number of methoxy groups -OCH3 is 1. The Balaban J connectivity index is 1.68. The molecule has 2 saturated heterocycles. The van der Waals surface area contributed by atoms with Gasteiger partial charge in [-0.2, -0.15) is 0 Å². The van der Waals surface area contributed by atoms with Crippen LogP contribution in [0.3, 0.4) is 0 Å². The van der Waals surface area contributed by atoms with E-state index in [-0.39, 0.29) is 38.4 Å². The lowest BCUT2D eigenvalue weighted by Crippen LogP contribution is -2.79. The van der Waals surface area contributed by atoms with Crippen LogP contribution in [0.15, 0.2) is 11.3 Å². The number of fused-ring (bicyclic) bond motifs is 2. The van der Waals surface area contributed by atoms with Crippen molar-refractivity contribution in [3.8, 4) is 0 Å². The Kier molecular flexibility index (Phi) is 7.10. The molecular formula is C27H34O14. The first-order chi connectivity index (χ1) is 19.3. The second-order valence-electron chi connectivity index (χ2n) is 11.4. The van der Waals surface area contributed by atoms with Crippen LogP contribution in [0.1, 0.15) is 40.5 Å². The van der Waals surface area contributed by atoms with Crippen LogP contribution in [0.2, 0.25) is 0 Å². The van der Waals surface area contributed by atoms with Crippen LogP contribution in [-0.4, -0.2) is 97.2 Å². The van der Waals surface area contributed by atoms with Gasteiger partial charge in [0.05, 0.1) is 39.0 Å². The molecule has 4 fully saturated rings. The van der Waals surface area contributed by atoms with E-state index in [1.807, 2.05) is 0 Å². The molecule has 0 radical (unpaired) electrons. The molecule has 2 saturated carbocycles. The number of hydrogen-bond donors (Lipinski definition) is 2. The zero-order valence-electron chi connectivity index (χ0n) is 23.4. The number of ketones is 1. The number of allylic oxidation sites excluding steroid dienone is 2. The fourth-order valence-corrected chi connectivity index (χ4v) is 8.47. The summed E-state index contributed by atoms with van der Waals surface area (Å²) in [7, 11) is 1.06. The van der Waals surface area contributed by atoms with Gasteiger partial charge in [-0.3, -0.25) is 4.79 Å². The summed E-state index contributed by atoms with van der Waals surface area (Å²) in [6.07, 6.45) is -8.73. The van der Waals surface area contributed by atoms with Gasteiger partial charge in [-0.05, 0) is 44.1 Å². The van der Waals surface area contributed by atoms with Crippen molar-refractivity contribution in [1.29, 1.82) is 0 Å². The Hall–Kier alpha value is -3.23. The highest BCUT2D eigenvalue weighted by atomic mass is 16.7. The predicted molar refractivity (Wildman–Crippen MR) is 131 cm³/mol. The molecule has 5 rings (SSSR count). The largest absolute Gasteiger partial charge is 0.513 e. The maximum atomic E-state index is 13.5. The van der Waals surface area contributed by atoms with Crippen molar-refractivity contribution < 1.29 is 67.3 Å². The first-order valence-electron chi connectivity index (χ1n) is 13.6. The Labute approximate surface area is 235 Å². The molecule has 226 valence electrons. The minimum atomic E-state index is -2.29. The SMILES string of the molecule is CCOC(=O)OC1=C(C)[C@@H]2C[C@H]3OC(=O)[C@H](OC(=O)OCC)[C@H]4[C@]5(C(=O)OC)OC[C@]34[C@H]([C@@H](O)[C@@H]5O)[C@@]2(C)CC1=O. The van der Waals surface area contributed by atoms with E-state index in [2.05, 4.69) is 0 Å². The topological polar surface area (TPSA) is 190 Å². The number of hydrogen-bond acceptors (Lipinski definition) is 14. The number of aliphatic hydroxyl groups excluding tert-OH is 2. The van der Waals surface area contributed by atoms with Gasteiger partial charge in [0.25, 0.3) is 0 Å². The summed E-state index contributed by atoms with van der Waals surface area (Å²) in [6, 6.07) is 0. The molecule has 14 nitrogen and oxygen atoms in total. The second kappa shape index (κ2) is 9.95. The van der Waals surface area contributed by atoms with Gasteiger partial charge in [0.1, 0.15) is 12.2 Å². The van der Waals surface area contributed by atoms with Crippen LogP contribution in [-0.2, 0) is 47.5 Å². The van der Waals surface area contributed by atoms with Crippen molar-refractivity contribution >= 4 is 30.0 Å². The van der Waals surface area contributed by atoms with Crippen molar-refractivity contribution in [2.24, 2.45) is 28.6 Å². The van der Waals surface area contributed by atoms with Gasteiger partial charge in [-0.25, -0.2) is 19.2 Å². The van der Waals surface area contributed by atoms with E-state index in [0.717, 1.165) is 7.11 Å². The lowest BCUT2D eigenvalue weighted by atomic mass is 9.38. The number of ether oxygens (including phenoxy) is 7. The number of esters is 2. The fourth-order valence-electron chi connectivity index (χ4n) is 8.47. The molecule has 41 heavy (non-hydrogen) atoms. The highest BCUT2D eigenvalue weighted by Crippen LogP contribution is 2.72. The summed E-state index contributed by atoms with van der Waals surface area (Å²) >= 11 is 0. The van der Waals surface area contributed by atoms with Gasteiger partial charge in [0.2, 0.25) is 11.7 Å². The molecule has 0 amide bonds. The van der Waals surface area contributed by atoms with Gasteiger partial charge in [0.15, 0.2) is 11.5 Å². The van der Waals surface area contributed by atoms with E-state index in [0.29, 0.717) is 5.57 Å². The van der Waals surface area contributed by atoms with E-state index in [1.165, 1.54) is 6.92 Å². The first-order valence-corrected chi connectivity index (χ1v) is 13.6. The maximum absolute atomic E-state index is 13.5. The minimum Gasteiger partial charge on any atom is -0.467 e. The molecule has 0 aromatic heterocycles. The molecule has 3 aliphatic carbocycles. The average Bonchev–Trinajstić information content (AvgIpc) is 3.22. The van der Waals surface area contributed by atoms with E-state index < -0.39 is 88.6 Å². The number of carbonyl (C=O) groups excluding carboxylic acids is 5. The standard InChI is InChI=1S/C27H34O14/c1-6-36-23(33)40-16-11(3)12-8-14-26-10-38-27(22(32)35-5,19(26)17(21(31)39-14)41-24(34)37-7-2)20(30)15(29)18(26)25(12,4)9-13(16)28/h12,14-15,17-20,29-30H,6-10H2,1-5H3/t12-,14+,15+,17+,18+,19+,20-,25-,26+,27-/m0/s1. The van der Waals surface area contributed by atoms with Crippen LogP contribution < -0.4 is 0 Å².